The van der Waals surface area contributed by atoms with Crippen molar-refractivity contribution in [3.05, 3.63) is 35.9 Å². The highest BCUT2D eigenvalue weighted by Gasteiger charge is 2.36. The van der Waals surface area contributed by atoms with E-state index in [0.717, 1.165) is 5.56 Å². The van der Waals surface area contributed by atoms with Crippen molar-refractivity contribution in [2.45, 2.75) is 18.2 Å². The van der Waals surface area contributed by atoms with Crippen molar-refractivity contribution in [3.63, 3.8) is 0 Å². The Morgan fingerprint density at radius 1 is 1.47 bits per heavy atom. The van der Waals surface area contributed by atoms with E-state index in [1.807, 2.05) is 30.3 Å². The van der Waals surface area contributed by atoms with Gasteiger partial charge in [0.2, 0.25) is 5.91 Å². The molecular weight excluding hydrogens is 236 g/mol. The first-order chi connectivity index (χ1) is 8.09. The van der Waals surface area contributed by atoms with E-state index in [0.29, 0.717) is 6.54 Å². The van der Waals surface area contributed by atoms with Gasteiger partial charge >= 0.3 is 0 Å². The van der Waals surface area contributed by atoms with Crippen LogP contribution in [0.3, 0.4) is 0 Å². The minimum atomic E-state index is -0.538. The standard InChI is InChI=1S/C12H14N2O2S/c1-8(11(13)15)14-7-10(17-12(14)16)9-5-3-2-4-6-9/h2-6,8,10H,7H2,1H3,(H2,13,15). The number of nitrogens with zero attached hydrogens (tertiary/aromatic N) is 1. The smallest absolute Gasteiger partial charge is 0.283 e. The number of hydrogen-bond donors (Lipinski definition) is 1. The monoisotopic (exact) mass is 250 g/mol. The van der Waals surface area contributed by atoms with Gasteiger partial charge in [-0.2, -0.15) is 0 Å². The molecule has 2 N–H and O–H groups in total. The summed E-state index contributed by atoms with van der Waals surface area (Å²) in [6, 6.07) is 9.27. The lowest BCUT2D eigenvalue weighted by molar-refractivity contribution is -0.121. The van der Waals surface area contributed by atoms with Crippen LogP contribution >= 0.6 is 11.8 Å². The lowest BCUT2D eigenvalue weighted by atomic mass is 10.1. The van der Waals surface area contributed by atoms with Gasteiger partial charge in [0.25, 0.3) is 5.24 Å². The van der Waals surface area contributed by atoms with Gasteiger partial charge in [-0.15, -0.1) is 0 Å². The van der Waals surface area contributed by atoms with Gasteiger partial charge in [-0.1, -0.05) is 42.1 Å². The molecule has 1 aliphatic rings. The number of hydrogen-bond acceptors (Lipinski definition) is 3. The molecule has 0 radical (unpaired) electrons. The van der Waals surface area contributed by atoms with Gasteiger partial charge in [0.1, 0.15) is 6.04 Å². The first-order valence-electron chi connectivity index (χ1n) is 5.41. The summed E-state index contributed by atoms with van der Waals surface area (Å²) in [5, 5.41) is 0.00986. The van der Waals surface area contributed by atoms with Crippen LogP contribution < -0.4 is 5.73 Å². The zero-order chi connectivity index (χ0) is 12.4. The summed E-state index contributed by atoms with van der Waals surface area (Å²) < 4.78 is 0. The molecule has 17 heavy (non-hydrogen) atoms. The van der Waals surface area contributed by atoms with E-state index in [1.54, 1.807) is 6.92 Å². The molecular formula is C12H14N2O2S. The van der Waals surface area contributed by atoms with Crippen LogP contribution in [0.25, 0.3) is 0 Å². The molecule has 0 saturated carbocycles. The highest BCUT2D eigenvalue weighted by Crippen LogP contribution is 2.38. The van der Waals surface area contributed by atoms with Crippen LogP contribution in [-0.4, -0.2) is 28.6 Å². The number of amides is 2. The summed E-state index contributed by atoms with van der Waals surface area (Å²) in [4.78, 5) is 24.4. The van der Waals surface area contributed by atoms with E-state index in [1.165, 1.54) is 16.7 Å². The SMILES string of the molecule is CC(C(N)=O)N1CC(c2ccccc2)SC1=O. The Kier molecular flexibility index (Phi) is 3.38. The molecule has 1 saturated heterocycles. The zero-order valence-electron chi connectivity index (χ0n) is 9.50. The molecule has 1 aromatic carbocycles. The zero-order valence-corrected chi connectivity index (χ0v) is 10.3. The van der Waals surface area contributed by atoms with Crippen molar-refractivity contribution in [1.82, 2.24) is 4.90 Å². The second-order valence-corrected chi connectivity index (χ2v) is 5.17. The number of carbonyl (C=O) groups is 2. The molecule has 4 nitrogen and oxygen atoms in total. The number of carbonyl (C=O) groups excluding carboxylic acids is 2. The molecule has 90 valence electrons. The van der Waals surface area contributed by atoms with Gasteiger partial charge in [-0.05, 0) is 12.5 Å². The number of benzene rings is 1. The molecule has 0 spiro atoms. The molecule has 0 aliphatic carbocycles. The van der Waals surface area contributed by atoms with Crippen LogP contribution in [-0.2, 0) is 4.79 Å². The first-order valence-corrected chi connectivity index (χ1v) is 6.29. The van der Waals surface area contributed by atoms with E-state index in [9.17, 15) is 9.59 Å². The molecule has 1 fully saturated rings. The molecule has 1 aromatic rings. The molecule has 5 heteroatoms. The second kappa shape index (κ2) is 4.79. The third-order valence-electron chi connectivity index (χ3n) is 2.89. The first kappa shape index (κ1) is 12.0. The van der Waals surface area contributed by atoms with E-state index < -0.39 is 11.9 Å². The van der Waals surface area contributed by atoms with Crippen LogP contribution in [0.1, 0.15) is 17.7 Å². The highest BCUT2D eigenvalue weighted by molar-refractivity contribution is 8.14. The third-order valence-corrected chi connectivity index (χ3v) is 4.03. The summed E-state index contributed by atoms with van der Waals surface area (Å²) in [6.45, 7) is 2.20. The van der Waals surface area contributed by atoms with E-state index in [4.69, 9.17) is 5.73 Å². The Morgan fingerprint density at radius 2 is 2.12 bits per heavy atom. The van der Waals surface area contributed by atoms with E-state index >= 15 is 0 Å². The van der Waals surface area contributed by atoms with Crippen molar-refractivity contribution in [2.24, 2.45) is 5.73 Å². The van der Waals surface area contributed by atoms with Crippen LogP contribution in [0.5, 0.6) is 0 Å². The van der Waals surface area contributed by atoms with Gasteiger partial charge < -0.3 is 10.6 Å². The maximum atomic E-state index is 11.8. The highest BCUT2D eigenvalue weighted by atomic mass is 32.2. The molecule has 1 aliphatic heterocycles. The fourth-order valence-corrected chi connectivity index (χ4v) is 2.93. The van der Waals surface area contributed by atoms with E-state index in [-0.39, 0.29) is 10.5 Å². The van der Waals surface area contributed by atoms with Crippen molar-refractivity contribution >= 4 is 22.9 Å². The maximum absolute atomic E-state index is 11.8. The Balaban J connectivity index is 2.13. The third kappa shape index (κ3) is 2.44. The normalized spacial score (nSPS) is 21.6. The predicted octanol–water partition coefficient (Wildman–Crippen LogP) is 1.77. The molecule has 0 aromatic heterocycles. The lowest BCUT2D eigenvalue weighted by Gasteiger charge is -2.20. The molecule has 2 unspecified atom stereocenters. The maximum Gasteiger partial charge on any atom is 0.283 e. The van der Waals surface area contributed by atoms with Gasteiger partial charge in [-0.3, -0.25) is 9.59 Å². The Morgan fingerprint density at radius 3 is 2.71 bits per heavy atom. The van der Waals surface area contributed by atoms with Gasteiger partial charge in [-0.25, -0.2) is 0 Å². The van der Waals surface area contributed by atoms with Crippen molar-refractivity contribution < 1.29 is 9.59 Å². The minimum Gasteiger partial charge on any atom is -0.368 e. The van der Waals surface area contributed by atoms with E-state index in [2.05, 4.69) is 0 Å². The Hall–Kier alpha value is -1.49. The number of rotatable bonds is 3. The van der Waals surface area contributed by atoms with Crippen molar-refractivity contribution in [1.29, 1.82) is 0 Å². The second-order valence-electron chi connectivity index (χ2n) is 4.01. The van der Waals surface area contributed by atoms with Crippen LogP contribution in [0.4, 0.5) is 4.79 Å². The summed E-state index contributed by atoms with van der Waals surface area (Å²) >= 11 is 1.25. The summed E-state index contributed by atoms with van der Waals surface area (Å²) in [5.74, 6) is -0.465. The molecule has 1 heterocycles. The molecule has 2 atom stereocenters. The topological polar surface area (TPSA) is 63.4 Å². The van der Waals surface area contributed by atoms with Crippen molar-refractivity contribution in [2.75, 3.05) is 6.54 Å². The fraction of sp³-hybridized carbons (Fsp3) is 0.333. The predicted molar refractivity (Wildman–Crippen MR) is 67.5 cm³/mol. The van der Waals surface area contributed by atoms with Crippen LogP contribution in [0.2, 0.25) is 0 Å². The lowest BCUT2D eigenvalue weighted by Crippen LogP contribution is -2.42. The van der Waals surface area contributed by atoms with Gasteiger partial charge in [0.15, 0.2) is 0 Å². The quantitative estimate of drug-likeness (QED) is 0.889. The molecule has 0 bridgehead atoms. The van der Waals surface area contributed by atoms with Gasteiger partial charge in [0, 0.05) is 6.54 Å². The Bertz CT molecular complexity index is 435. The number of nitrogens with two attached hydrogens (primary N) is 1. The van der Waals surface area contributed by atoms with Gasteiger partial charge in [0.05, 0.1) is 5.25 Å². The largest absolute Gasteiger partial charge is 0.368 e. The van der Waals surface area contributed by atoms with Crippen LogP contribution in [0.15, 0.2) is 30.3 Å². The Labute approximate surface area is 104 Å². The summed E-state index contributed by atoms with van der Waals surface area (Å²) in [5.41, 5.74) is 6.32. The van der Waals surface area contributed by atoms with Crippen LogP contribution in [0, 0.1) is 0 Å². The average molecular weight is 250 g/mol. The molecule has 2 amide bonds. The number of primary amides is 1. The molecule has 2 rings (SSSR count). The fourth-order valence-electron chi connectivity index (χ4n) is 1.79. The summed E-state index contributed by atoms with van der Waals surface area (Å²) in [6.07, 6.45) is 0. The average Bonchev–Trinajstić information content (AvgIpc) is 2.71. The summed E-state index contributed by atoms with van der Waals surface area (Å²) in [7, 11) is 0. The van der Waals surface area contributed by atoms with Crippen molar-refractivity contribution in [3.8, 4) is 0 Å². The number of thioether (sulfide) groups is 1. The minimum absolute atomic E-state index is 0.0786.